The monoisotopic (exact) mass is 208 g/mol. The van der Waals surface area contributed by atoms with Gasteiger partial charge in [-0.2, -0.15) is 0 Å². The minimum atomic E-state index is -0.0373. The largest absolute Gasteiger partial charge is 0.390 e. The number of hydrogen-bond donors (Lipinski definition) is 1. The second-order valence-electron chi connectivity index (χ2n) is 5.15. The van der Waals surface area contributed by atoms with Gasteiger partial charge in [-0.1, -0.05) is 34.6 Å². The molecular formula is C12H20N2O. The molecule has 0 aliphatic heterocycles. The van der Waals surface area contributed by atoms with Crippen molar-refractivity contribution in [1.82, 2.24) is 9.97 Å². The number of nitrogens with zero attached hydrogens (tertiary/aromatic N) is 2. The number of aromatic nitrogens is 2. The van der Waals surface area contributed by atoms with Crippen molar-refractivity contribution in [3.8, 4) is 0 Å². The molecule has 3 nitrogen and oxygen atoms in total. The first-order chi connectivity index (χ1) is 6.86. The summed E-state index contributed by atoms with van der Waals surface area (Å²) in [7, 11) is 0. The van der Waals surface area contributed by atoms with Crippen molar-refractivity contribution in [3.05, 3.63) is 23.3 Å². The molecule has 0 atom stereocenters. The Morgan fingerprint density at radius 3 is 2.33 bits per heavy atom. The summed E-state index contributed by atoms with van der Waals surface area (Å²) in [6.07, 6.45) is 1.81. The maximum absolute atomic E-state index is 9.25. The Morgan fingerprint density at radius 1 is 1.33 bits per heavy atom. The van der Waals surface area contributed by atoms with Crippen LogP contribution >= 0.6 is 0 Å². The molecule has 0 unspecified atom stereocenters. The highest BCUT2D eigenvalue weighted by Crippen LogP contribution is 2.22. The summed E-state index contributed by atoms with van der Waals surface area (Å²) in [6.45, 7) is 10.3. The van der Waals surface area contributed by atoms with Crippen molar-refractivity contribution < 1.29 is 5.11 Å². The molecule has 1 N–H and O–H groups in total. The van der Waals surface area contributed by atoms with Crippen LogP contribution in [0.5, 0.6) is 0 Å². The average Bonchev–Trinajstić information content (AvgIpc) is 2.15. The van der Waals surface area contributed by atoms with Gasteiger partial charge in [0.25, 0.3) is 0 Å². The lowest BCUT2D eigenvalue weighted by atomic mass is 9.92. The minimum absolute atomic E-state index is 0.0214. The molecule has 1 aromatic heterocycles. The van der Waals surface area contributed by atoms with Crippen LogP contribution in [0, 0.1) is 0 Å². The summed E-state index contributed by atoms with van der Waals surface area (Å²) in [5, 5.41) is 9.25. The van der Waals surface area contributed by atoms with Crippen LogP contribution in [0.15, 0.2) is 6.20 Å². The number of rotatable bonds is 2. The number of hydrogen-bond acceptors (Lipinski definition) is 3. The Kier molecular flexibility index (Phi) is 3.45. The fraction of sp³-hybridized carbons (Fsp3) is 0.667. The van der Waals surface area contributed by atoms with Crippen LogP contribution in [0.4, 0.5) is 0 Å². The van der Waals surface area contributed by atoms with Gasteiger partial charge in [-0.15, -0.1) is 0 Å². The Balaban J connectivity index is 3.19. The van der Waals surface area contributed by atoms with E-state index < -0.39 is 0 Å². The molecule has 84 valence electrons. The zero-order valence-electron chi connectivity index (χ0n) is 10.2. The van der Waals surface area contributed by atoms with E-state index in [0.717, 1.165) is 11.4 Å². The maximum Gasteiger partial charge on any atom is 0.0879 e. The number of aliphatic hydroxyl groups is 1. The topological polar surface area (TPSA) is 46.0 Å². The van der Waals surface area contributed by atoms with E-state index in [0.29, 0.717) is 11.6 Å². The molecule has 0 saturated heterocycles. The first-order valence-corrected chi connectivity index (χ1v) is 5.33. The maximum atomic E-state index is 9.25. The lowest BCUT2D eigenvalue weighted by Gasteiger charge is -2.19. The van der Waals surface area contributed by atoms with Crippen LogP contribution in [0.2, 0.25) is 0 Å². The number of aliphatic hydroxyl groups excluding tert-OH is 1. The van der Waals surface area contributed by atoms with E-state index in [1.807, 2.05) is 6.20 Å². The summed E-state index contributed by atoms with van der Waals surface area (Å²) in [6, 6.07) is 0. The molecule has 0 aliphatic rings. The summed E-state index contributed by atoms with van der Waals surface area (Å²) < 4.78 is 0. The van der Waals surface area contributed by atoms with E-state index in [1.54, 1.807) is 0 Å². The zero-order chi connectivity index (χ0) is 11.6. The van der Waals surface area contributed by atoms with Gasteiger partial charge in [-0.25, -0.2) is 0 Å². The molecule has 0 aromatic carbocycles. The van der Waals surface area contributed by atoms with E-state index in [9.17, 15) is 5.11 Å². The molecule has 0 aliphatic carbocycles. The molecule has 1 heterocycles. The Hall–Kier alpha value is -0.960. The molecule has 0 amide bonds. The van der Waals surface area contributed by atoms with Gasteiger partial charge in [-0.05, 0) is 5.92 Å². The third-order valence-corrected chi connectivity index (χ3v) is 2.34. The minimum Gasteiger partial charge on any atom is -0.390 e. The van der Waals surface area contributed by atoms with Crippen LogP contribution in [-0.4, -0.2) is 15.1 Å². The Bertz CT molecular complexity index is 340. The molecule has 0 fully saturated rings. The highest BCUT2D eigenvalue weighted by molar-refractivity contribution is 5.20. The van der Waals surface area contributed by atoms with E-state index in [2.05, 4.69) is 44.6 Å². The molecule has 1 aromatic rings. The van der Waals surface area contributed by atoms with Crippen molar-refractivity contribution in [2.24, 2.45) is 0 Å². The molecule has 1 rings (SSSR count). The van der Waals surface area contributed by atoms with E-state index in [1.165, 1.54) is 0 Å². The molecular weight excluding hydrogens is 188 g/mol. The van der Waals surface area contributed by atoms with Gasteiger partial charge in [0.1, 0.15) is 0 Å². The van der Waals surface area contributed by atoms with Crippen LogP contribution < -0.4 is 0 Å². The molecule has 0 saturated carbocycles. The van der Waals surface area contributed by atoms with Gasteiger partial charge in [0.15, 0.2) is 0 Å². The molecule has 0 bridgehead atoms. The van der Waals surface area contributed by atoms with Gasteiger partial charge >= 0.3 is 0 Å². The third-order valence-electron chi connectivity index (χ3n) is 2.34. The SMILES string of the molecule is CC(C)c1ncc(C(C)(C)C)nc1CO. The lowest BCUT2D eigenvalue weighted by Crippen LogP contribution is -2.17. The third kappa shape index (κ3) is 2.75. The van der Waals surface area contributed by atoms with Crippen molar-refractivity contribution in [2.75, 3.05) is 0 Å². The fourth-order valence-electron chi connectivity index (χ4n) is 1.40. The molecule has 3 heteroatoms. The predicted octanol–water partition coefficient (Wildman–Crippen LogP) is 2.39. The van der Waals surface area contributed by atoms with Crippen molar-refractivity contribution >= 4 is 0 Å². The summed E-state index contributed by atoms with van der Waals surface area (Å²) in [4.78, 5) is 8.86. The Morgan fingerprint density at radius 2 is 1.93 bits per heavy atom. The Labute approximate surface area is 91.6 Å². The highest BCUT2D eigenvalue weighted by atomic mass is 16.3. The molecule has 0 radical (unpaired) electrons. The molecule has 15 heavy (non-hydrogen) atoms. The van der Waals surface area contributed by atoms with Crippen LogP contribution in [0.25, 0.3) is 0 Å². The summed E-state index contributed by atoms with van der Waals surface area (Å²) in [5.74, 6) is 0.300. The highest BCUT2D eigenvalue weighted by Gasteiger charge is 2.18. The predicted molar refractivity (Wildman–Crippen MR) is 60.7 cm³/mol. The zero-order valence-corrected chi connectivity index (χ0v) is 10.2. The smallest absolute Gasteiger partial charge is 0.0879 e. The van der Waals surface area contributed by atoms with Gasteiger partial charge in [0, 0.05) is 11.6 Å². The summed E-state index contributed by atoms with van der Waals surface area (Å²) >= 11 is 0. The van der Waals surface area contributed by atoms with Crippen LogP contribution in [0.1, 0.15) is 57.6 Å². The van der Waals surface area contributed by atoms with Gasteiger partial charge in [0.2, 0.25) is 0 Å². The van der Waals surface area contributed by atoms with Gasteiger partial charge in [0.05, 0.1) is 23.7 Å². The van der Waals surface area contributed by atoms with E-state index >= 15 is 0 Å². The van der Waals surface area contributed by atoms with Crippen molar-refractivity contribution in [3.63, 3.8) is 0 Å². The van der Waals surface area contributed by atoms with Crippen LogP contribution in [0.3, 0.4) is 0 Å². The van der Waals surface area contributed by atoms with Gasteiger partial charge < -0.3 is 5.11 Å². The average molecular weight is 208 g/mol. The van der Waals surface area contributed by atoms with Crippen molar-refractivity contribution in [1.29, 1.82) is 0 Å². The van der Waals surface area contributed by atoms with Crippen LogP contribution in [-0.2, 0) is 12.0 Å². The van der Waals surface area contributed by atoms with E-state index in [-0.39, 0.29) is 12.0 Å². The van der Waals surface area contributed by atoms with E-state index in [4.69, 9.17) is 0 Å². The van der Waals surface area contributed by atoms with Gasteiger partial charge in [-0.3, -0.25) is 9.97 Å². The second-order valence-corrected chi connectivity index (χ2v) is 5.15. The molecule has 0 spiro atoms. The first-order valence-electron chi connectivity index (χ1n) is 5.33. The standard InChI is InChI=1S/C12H20N2O/c1-8(2)11-9(7-15)14-10(6-13-11)12(3,4)5/h6,8,15H,7H2,1-5H3. The normalized spacial score (nSPS) is 12.2. The quantitative estimate of drug-likeness (QED) is 0.811. The van der Waals surface area contributed by atoms with Crippen molar-refractivity contribution in [2.45, 2.75) is 52.6 Å². The lowest BCUT2D eigenvalue weighted by molar-refractivity contribution is 0.273. The first kappa shape index (κ1) is 12.1. The second kappa shape index (κ2) is 4.27. The summed E-state index contributed by atoms with van der Waals surface area (Å²) in [5.41, 5.74) is 2.51. The fourth-order valence-corrected chi connectivity index (χ4v) is 1.40.